The van der Waals surface area contributed by atoms with Crippen molar-refractivity contribution >= 4 is 11.3 Å². The summed E-state index contributed by atoms with van der Waals surface area (Å²) in [6.45, 7) is 4.92. The van der Waals surface area contributed by atoms with Crippen LogP contribution in [0.2, 0.25) is 0 Å². The van der Waals surface area contributed by atoms with Crippen molar-refractivity contribution in [2.24, 2.45) is 0 Å². The van der Waals surface area contributed by atoms with Crippen LogP contribution in [-0.4, -0.2) is 0 Å². The maximum atomic E-state index is 5.49. The molecule has 0 radical (unpaired) electrons. The minimum atomic E-state index is 0.385. The number of rotatable bonds is 4. The molecule has 0 saturated carbocycles. The molecule has 2 aromatic heterocycles. The average molecular weight is 221 g/mol. The van der Waals surface area contributed by atoms with Gasteiger partial charge in [0.1, 0.15) is 11.5 Å². The second-order valence-corrected chi connectivity index (χ2v) is 4.61. The van der Waals surface area contributed by atoms with Crippen LogP contribution < -0.4 is 5.32 Å². The number of nitrogens with one attached hydrogen (secondary N) is 1. The maximum Gasteiger partial charge on any atom is 0.117 e. The predicted octanol–water partition coefficient (Wildman–Crippen LogP) is 3.50. The third-order valence-electron chi connectivity index (χ3n) is 2.35. The van der Waals surface area contributed by atoms with E-state index in [0.29, 0.717) is 6.04 Å². The molecule has 1 N–H and O–H groups in total. The first-order valence-corrected chi connectivity index (χ1v) is 5.96. The van der Waals surface area contributed by atoms with Gasteiger partial charge < -0.3 is 9.73 Å². The lowest BCUT2D eigenvalue weighted by Crippen LogP contribution is -2.16. The number of hydrogen-bond donors (Lipinski definition) is 1. The van der Waals surface area contributed by atoms with Crippen LogP contribution in [0.4, 0.5) is 0 Å². The van der Waals surface area contributed by atoms with Crippen molar-refractivity contribution in [3.05, 3.63) is 46.0 Å². The molecule has 0 aliphatic carbocycles. The van der Waals surface area contributed by atoms with Gasteiger partial charge in [0, 0.05) is 10.9 Å². The normalized spacial score (nSPS) is 12.9. The van der Waals surface area contributed by atoms with E-state index in [0.717, 1.165) is 18.1 Å². The van der Waals surface area contributed by atoms with E-state index in [-0.39, 0.29) is 0 Å². The Bertz CT molecular complexity index is 405. The topological polar surface area (TPSA) is 25.2 Å². The van der Waals surface area contributed by atoms with Gasteiger partial charge in [-0.25, -0.2) is 0 Å². The first kappa shape index (κ1) is 10.5. The molecule has 2 rings (SSSR count). The van der Waals surface area contributed by atoms with Gasteiger partial charge >= 0.3 is 0 Å². The first-order valence-electron chi connectivity index (χ1n) is 5.08. The summed E-state index contributed by atoms with van der Waals surface area (Å²) < 4.78 is 5.49. The smallest absolute Gasteiger partial charge is 0.117 e. The van der Waals surface area contributed by atoms with Gasteiger partial charge in [-0.05, 0) is 37.4 Å². The maximum absolute atomic E-state index is 5.49. The molecule has 0 bridgehead atoms. The monoisotopic (exact) mass is 221 g/mol. The Morgan fingerprint density at radius 3 is 2.87 bits per heavy atom. The van der Waals surface area contributed by atoms with Crippen molar-refractivity contribution in [2.45, 2.75) is 26.4 Å². The van der Waals surface area contributed by atoms with Crippen molar-refractivity contribution in [2.75, 3.05) is 0 Å². The second kappa shape index (κ2) is 4.64. The van der Waals surface area contributed by atoms with Gasteiger partial charge in [0.25, 0.3) is 0 Å². The predicted molar refractivity (Wildman–Crippen MR) is 63.0 cm³/mol. The Balaban J connectivity index is 1.88. The summed E-state index contributed by atoms with van der Waals surface area (Å²) in [6, 6.07) is 8.62. The van der Waals surface area contributed by atoms with Crippen LogP contribution in [0.5, 0.6) is 0 Å². The molecule has 2 heterocycles. The van der Waals surface area contributed by atoms with Crippen molar-refractivity contribution in [1.82, 2.24) is 5.32 Å². The zero-order chi connectivity index (χ0) is 10.7. The van der Waals surface area contributed by atoms with Crippen molar-refractivity contribution in [1.29, 1.82) is 0 Å². The summed E-state index contributed by atoms with van der Waals surface area (Å²) in [5.74, 6) is 1.96. The largest absolute Gasteiger partial charge is 0.465 e. The molecular weight excluding hydrogens is 206 g/mol. The number of thiophene rings is 1. The van der Waals surface area contributed by atoms with Crippen LogP contribution in [0, 0.1) is 6.92 Å². The Labute approximate surface area is 93.9 Å². The molecule has 0 amide bonds. The summed E-state index contributed by atoms with van der Waals surface area (Å²) in [6.07, 6.45) is 0. The highest BCUT2D eigenvalue weighted by Gasteiger charge is 2.06. The molecular formula is C12H15NOS. The summed E-state index contributed by atoms with van der Waals surface area (Å²) in [5.41, 5.74) is 0. The van der Waals surface area contributed by atoms with Crippen molar-refractivity contribution in [3.8, 4) is 0 Å². The molecule has 0 aliphatic rings. The molecule has 15 heavy (non-hydrogen) atoms. The molecule has 0 aliphatic heterocycles. The molecule has 0 fully saturated rings. The van der Waals surface area contributed by atoms with Crippen LogP contribution in [0.15, 0.2) is 34.1 Å². The summed E-state index contributed by atoms with van der Waals surface area (Å²) in [7, 11) is 0. The third-order valence-corrected chi connectivity index (χ3v) is 3.40. The molecule has 2 nitrogen and oxygen atoms in total. The van der Waals surface area contributed by atoms with E-state index in [1.165, 1.54) is 4.88 Å². The number of aryl methyl sites for hydroxylation is 1. The van der Waals surface area contributed by atoms with Gasteiger partial charge in [-0.3, -0.25) is 0 Å². The molecule has 1 atom stereocenters. The molecule has 0 saturated heterocycles. The SMILES string of the molecule is Cc1ccc(CNC(C)c2cccs2)o1. The lowest BCUT2D eigenvalue weighted by molar-refractivity contribution is 0.446. The van der Waals surface area contributed by atoms with E-state index in [9.17, 15) is 0 Å². The standard InChI is InChI=1S/C12H15NOS/c1-9-5-6-11(14-9)8-13-10(2)12-4-3-7-15-12/h3-7,10,13H,8H2,1-2H3. The van der Waals surface area contributed by atoms with E-state index < -0.39 is 0 Å². The van der Waals surface area contributed by atoms with Gasteiger partial charge in [-0.2, -0.15) is 0 Å². The highest BCUT2D eigenvalue weighted by Crippen LogP contribution is 2.18. The molecule has 0 aromatic carbocycles. The highest BCUT2D eigenvalue weighted by molar-refractivity contribution is 7.10. The van der Waals surface area contributed by atoms with E-state index in [1.807, 2.05) is 19.1 Å². The van der Waals surface area contributed by atoms with Crippen LogP contribution >= 0.6 is 11.3 Å². The zero-order valence-corrected chi connectivity index (χ0v) is 9.80. The van der Waals surface area contributed by atoms with Crippen LogP contribution in [0.25, 0.3) is 0 Å². The Kier molecular flexibility index (Phi) is 3.23. The van der Waals surface area contributed by atoms with Gasteiger partial charge in [-0.15, -0.1) is 11.3 Å². The average Bonchev–Trinajstić information content (AvgIpc) is 2.84. The summed E-state index contributed by atoms with van der Waals surface area (Å²) in [4.78, 5) is 1.36. The minimum Gasteiger partial charge on any atom is -0.465 e. The van der Waals surface area contributed by atoms with E-state index >= 15 is 0 Å². The van der Waals surface area contributed by atoms with Gasteiger partial charge in [-0.1, -0.05) is 6.07 Å². The van der Waals surface area contributed by atoms with Crippen LogP contribution in [-0.2, 0) is 6.54 Å². The van der Waals surface area contributed by atoms with E-state index in [1.54, 1.807) is 11.3 Å². The van der Waals surface area contributed by atoms with Crippen molar-refractivity contribution < 1.29 is 4.42 Å². The van der Waals surface area contributed by atoms with Gasteiger partial charge in [0.15, 0.2) is 0 Å². The number of hydrogen-bond acceptors (Lipinski definition) is 3. The quantitative estimate of drug-likeness (QED) is 0.854. The number of furan rings is 1. The van der Waals surface area contributed by atoms with Gasteiger partial charge in [0.05, 0.1) is 6.54 Å². The molecule has 2 aromatic rings. The van der Waals surface area contributed by atoms with Gasteiger partial charge in [0.2, 0.25) is 0 Å². The summed E-state index contributed by atoms with van der Waals surface area (Å²) in [5, 5.41) is 5.53. The fourth-order valence-electron chi connectivity index (χ4n) is 1.47. The molecule has 80 valence electrons. The Hall–Kier alpha value is -1.06. The third kappa shape index (κ3) is 2.70. The van der Waals surface area contributed by atoms with Crippen LogP contribution in [0.3, 0.4) is 0 Å². The fraction of sp³-hybridized carbons (Fsp3) is 0.333. The minimum absolute atomic E-state index is 0.385. The van der Waals surface area contributed by atoms with Crippen LogP contribution in [0.1, 0.15) is 29.4 Å². The molecule has 3 heteroatoms. The lowest BCUT2D eigenvalue weighted by Gasteiger charge is -2.10. The van der Waals surface area contributed by atoms with Crippen molar-refractivity contribution in [3.63, 3.8) is 0 Å². The lowest BCUT2D eigenvalue weighted by atomic mass is 10.2. The second-order valence-electron chi connectivity index (χ2n) is 3.63. The first-order chi connectivity index (χ1) is 7.25. The summed E-state index contributed by atoms with van der Waals surface area (Å²) >= 11 is 1.78. The Morgan fingerprint density at radius 1 is 1.40 bits per heavy atom. The Morgan fingerprint density at radius 2 is 2.27 bits per heavy atom. The van der Waals surface area contributed by atoms with E-state index in [4.69, 9.17) is 4.42 Å². The molecule has 1 unspecified atom stereocenters. The highest BCUT2D eigenvalue weighted by atomic mass is 32.1. The zero-order valence-electron chi connectivity index (χ0n) is 8.99. The molecule has 0 spiro atoms. The fourth-order valence-corrected chi connectivity index (χ4v) is 2.23. The van der Waals surface area contributed by atoms with E-state index in [2.05, 4.69) is 29.8 Å².